The normalized spacial score (nSPS) is 18.2. The summed E-state index contributed by atoms with van der Waals surface area (Å²) in [5, 5.41) is 9.23. The van der Waals surface area contributed by atoms with Gasteiger partial charge in [0.05, 0.1) is 5.41 Å². The Morgan fingerprint density at radius 3 is 2.62 bits per heavy atom. The number of primary amides is 1. The fraction of sp³-hybridized carbons (Fsp3) is 0.300. The Kier molecular flexibility index (Phi) is 1.55. The molecule has 3 heteroatoms. The lowest BCUT2D eigenvalue weighted by Crippen LogP contribution is -2.28. The van der Waals surface area contributed by atoms with Crippen molar-refractivity contribution in [1.82, 2.24) is 0 Å². The molecular formula is C10H11NO2. The minimum atomic E-state index is -0.487. The maximum atomic E-state index is 11.1. The highest BCUT2D eigenvalue weighted by atomic mass is 16.3. The van der Waals surface area contributed by atoms with Crippen LogP contribution in [0.15, 0.2) is 24.3 Å². The number of rotatable bonds is 2. The van der Waals surface area contributed by atoms with E-state index in [1.807, 2.05) is 6.07 Å². The molecule has 2 rings (SSSR count). The Labute approximate surface area is 76.2 Å². The lowest BCUT2D eigenvalue weighted by Gasteiger charge is -2.10. The molecule has 1 fully saturated rings. The van der Waals surface area contributed by atoms with Crippen molar-refractivity contribution in [2.45, 2.75) is 18.3 Å². The van der Waals surface area contributed by atoms with Gasteiger partial charge in [-0.05, 0) is 30.5 Å². The first-order valence-electron chi connectivity index (χ1n) is 4.24. The molecule has 1 aliphatic rings. The smallest absolute Gasteiger partial charge is 0.228 e. The Bertz CT molecular complexity index is 356. The molecule has 0 atom stereocenters. The molecule has 1 aliphatic carbocycles. The zero-order valence-corrected chi connectivity index (χ0v) is 7.16. The number of amides is 1. The third kappa shape index (κ3) is 1.16. The first kappa shape index (κ1) is 8.10. The lowest BCUT2D eigenvalue weighted by molar-refractivity contribution is -0.120. The van der Waals surface area contributed by atoms with Crippen LogP contribution in [0.3, 0.4) is 0 Å². The number of nitrogens with two attached hydrogens (primary N) is 1. The van der Waals surface area contributed by atoms with Crippen LogP contribution < -0.4 is 5.73 Å². The van der Waals surface area contributed by atoms with E-state index in [1.54, 1.807) is 18.2 Å². The molecule has 1 amide bonds. The van der Waals surface area contributed by atoms with Gasteiger partial charge in [-0.15, -0.1) is 0 Å². The van der Waals surface area contributed by atoms with Crippen LogP contribution in [0, 0.1) is 0 Å². The average Bonchev–Trinajstić information content (AvgIpc) is 2.83. The number of benzene rings is 1. The number of hydrogen-bond acceptors (Lipinski definition) is 2. The Morgan fingerprint density at radius 2 is 2.15 bits per heavy atom. The number of phenols is 1. The van der Waals surface area contributed by atoms with Gasteiger partial charge in [0.15, 0.2) is 0 Å². The van der Waals surface area contributed by atoms with Crippen LogP contribution in [-0.4, -0.2) is 11.0 Å². The largest absolute Gasteiger partial charge is 0.508 e. The molecule has 3 N–H and O–H groups in total. The minimum absolute atomic E-state index is 0.185. The van der Waals surface area contributed by atoms with Crippen molar-refractivity contribution in [1.29, 1.82) is 0 Å². The third-order valence-corrected chi connectivity index (χ3v) is 2.62. The second kappa shape index (κ2) is 2.49. The van der Waals surface area contributed by atoms with Crippen molar-refractivity contribution < 1.29 is 9.90 Å². The van der Waals surface area contributed by atoms with Crippen molar-refractivity contribution in [2.24, 2.45) is 5.73 Å². The monoisotopic (exact) mass is 177 g/mol. The molecule has 0 spiro atoms. The number of aromatic hydroxyl groups is 1. The summed E-state index contributed by atoms with van der Waals surface area (Å²) in [7, 11) is 0. The topological polar surface area (TPSA) is 63.3 Å². The zero-order chi connectivity index (χ0) is 9.47. The summed E-state index contributed by atoms with van der Waals surface area (Å²) in [5.74, 6) is -0.108. The fourth-order valence-corrected chi connectivity index (χ4v) is 1.61. The molecule has 13 heavy (non-hydrogen) atoms. The summed E-state index contributed by atoms with van der Waals surface area (Å²) >= 11 is 0. The Hall–Kier alpha value is -1.51. The van der Waals surface area contributed by atoms with E-state index in [9.17, 15) is 9.90 Å². The van der Waals surface area contributed by atoms with Gasteiger partial charge in [0.2, 0.25) is 5.91 Å². The second-order valence-corrected chi connectivity index (χ2v) is 3.50. The number of hydrogen-bond donors (Lipinski definition) is 2. The van der Waals surface area contributed by atoms with Crippen molar-refractivity contribution in [2.75, 3.05) is 0 Å². The number of phenolic OH excluding ortho intramolecular Hbond substituents is 1. The van der Waals surface area contributed by atoms with E-state index in [0.29, 0.717) is 0 Å². The van der Waals surface area contributed by atoms with Crippen LogP contribution in [0.5, 0.6) is 5.75 Å². The van der Waals surface area contributed by atoms with Gasteiger partial charge in [0, 0.05) is 0 Å². The van der Waals surface area contributed by atoms with Crippen LogP contribution in [0.25, 0.3) is 0 Å². The first-order valence-corrected chi connectivity index (χ1v) is 4.24. The van der Waals surface area contributed by atoms with Gasteiger partial charge < -0.3 is 10.8 Å². The van der Waals surface area contributed by atoms with E-state index >= 15 is 0 Å². The molecule has 1 aromatic carbocycles. The van der Waals surface area contributed by atoms with Gasteiger partial charge in [-0.3, -0.25) is 4.79 Å². The average molecular weight is 177 g/mol. The highest BCUT2D eigenvalue weighted by Crippen LogP contribution is 2.48. The van der Waals surface area contributed by atoms with Crippen LogP contribution in [0.1, 0.15) is 18.4 Å². The summed E-state index contributed by atoms with van der Waals surface area (Å²) in [6, 6.07) is 6.75. The van der Waals surface area contributed by atoms with Gasteiger partial charge in [-0.25, -0.2) is 0 Å². The van der Waals surface area contributed by atoms with E-state index < -0.39 is 5.41 Å². The molecule has 1 saturated carbocycles. The molecule has 0 unspecified atom stereocenters. The molecule has 3 nitrogen and oxygen atoms in total. The number of carbonyl (C=O) groups excluding carboxylic acids is 1. The summed E-state index contributed by atoms with van der Waals surface area (Å²) in [6.45, 7) is 0. The molecular weight excluding hydrogens is 166 g/mol. The molecule has 0 aromatic heterocycles. The molecule has 0 radical (unpaired) electrons. The van der Waals surface area contributed by atoms with Crippen LogP contribution in [-0.2, 0) is 10.2 Å². The molecule has 0 bridgehead atoms. The Balaban J connectivity index is 2.41. The van der Waals surface area contributed by atoms with E-state index in [4.69, 9.17) is 5.73 Å². The fourth-order valence-electron chi connectivity index (χ4n) is 1.61. The first-order chi connectivity index (χ1) is 6.15. The zero-order valence-electron chi connectivity index (χ0n) is 7.16. The highest BCUT2D eigenvalue weighted by molar-refractivity contribution is 5.89. The minimum Gasteiger partial charge on any atom is -0.508 e. The van der Waals surface area contributed by atoms with Gasteiger partial charge >= 0.3 is 0 Å². The molecule has 1 aromatic rings. The Morgan fingerprint density at radius 1 is 1.46 bits per heavy atom. The van der Waals surface area contributed by atoms with E-state index in [1.165, 1.54) is 0 Å². The predicted molar refractivity (Wildman–Crippen MR) is 48.2 cm³/mol. The highest BCUT2D eigenvalue weighted by Gasteiger charge is 2.49. The maximum Gasteiger partial charge on any atom is 0.228 e. The van der Waals surface area contributed by atoms with Crippen LogP contribution >= 0.6 is 0 Å². The van der Waals surface area contributed by atoms with Crippen LogP contribution in [0.4, 0.5) is 0 Å². The van der Waals surface area contributed by atoms with Crippen LogP contribution in [0.2, 0.25) is 0 Å². The lowest BCUT2D eigenvalue weighted by atomic mass is 9.95. The van der Waals surface area contributed by atoms with Gasteiger partial charge in [-0.2, -0.15) is 0 Å². The van der Waals surface area contributed by atoms with E-state index in [0.717, 1.165) is 18.4 Å². The van der Waals surface area contributed by atoms with Gasteiger partial charge in [-0.1, -0.05) is 12.1 Å². The molecule has 68 valence electrons. The van der Waals surface area contributed by atoms with E-state index in [2.05, 4.69) is 0 Å². The standard InChI is InChI=1S/C10H11NO2/c11-9(13)10(4-5-10)7-2-1-3-8(12)6-7/h1-3,6,12H,4-5H2,(H2,11,13). The summed E-state index contributed by atoms with van der Waals surface area (Å²) in [4.78, 5) is 11.1. The van der Waals surface area contributed by atoms with E-state index in [-0.39, 0.29) is 11.7 Å². The summed E-state index contributed by atoms with van der Waals surface area (Å²) < 4.78 is 0. The molecule has 0 aliphatic heterocycles. The van der Waals surface area contributed by atoms with Gasteiger partial charge in [0.1, 0.15) is 5.75 Å². The molecule has 0 saturated heterocycles. The maximum absolute atomic E-state index is 11.1. The van der Waals surface area contributed by atoms with Crippen molar-refractivity contribution in [3.8, 4) is 5.75 Å². The van der Waals surface area contributed by atoms with Crippen molar-refractivity contribution in [3.63, 3.8) is 0 Å². The van der Waals surface area contributed by atoms with Gasteiger partial charge in [0.25, 0.3) is 0 Å². The van der Waals surface area contributed by atoms with Crippen molar-refractivity contribution in [3.05, 3.63) is 29.8 Å². The quantitative estimate of drug-likeness (QED) is 0.705. The third-order valence-electron chi connectivity index (χ3n) is 2.62. The summed E-state index contributed by atoms with van der Waals surface area (Å²) in [5.41, 5.74) is 5.64. The molecule has 0 heterocycles. The number of carbonyl (C=O) groups is 1. The SMILES string of the molecule is NC(=O)C1(c2cccc(O)c2)CC1. The second-order valence-electron chi connectivity index (χ2n) is 3.50. The predicted octanol–water partition coefficient (Wildman–Crippen LogP) is 0.909. The van der Waals surface area contributed by atoms with Crippen molar-refractivity contribution >= 4 is 5.91 Å². The summed E-state index contributed by atoms with van der Waals surface area (Å²) in [6.07, 6.45) is 1.59.